The van der Waals surface area contributed by atoms with Crippen LogP contribution in [-0.4, -0.2) is 30.5 Å². The molecule has 11 heteroatoms. The predicted molar refractivity (Wildman–Crippen MR) is 111 cm³/mol. The Morgan fingerprint density at radius 2 is 1.88 bits per heavy atom. The summed E-state index contributed by atoms with van der Waals surface area (Å²) in [4.78, 5) is 26.3. The number of nitrogen functional groups attached to an aromatic ring is 1. The predicted octanol–water partition coefficient (Wildman–Crippen LogP) is 4.83. The number of carbonyl (C=O) groups is 2. The van der Waals surface area contributed by atoms with Crippen molar-refractivity contribution in [1.29, 1.82) is 0 Å². The van der Waals surface area contributed by atoms with Gasteiger partial charge in [-0.2, -0.15) is 0 Å². The molecule has 2 amide bonds. The van der Waals surface area contributed by atoms with E-state index in [1.165, 1.54) is 29.2 Å². The Bertz CT molecular complexity index is 1070. The third-order valence-corrected chi connectivity index (χ3v) is 5.90. The Kier molecular flexibility index (Phi) is 5.81. The van der Waals surface area contributed by atoms with E-state index in [0.717, 1.165) is 12.1 Å². The summed E-state index contributed by atoms with van der Waals surface area (Å²) >= 11 is 0. The van der Waals surface area contributed by atoms with Crippen molar-refractivity contribution in [3.63, 3.8) is 0 Å². The second kappa shape index (κ2) is 8.45. The number of nitrogens with two attached hydrogens (primary N) is 1. The molecule has 4 rings (SSSR count). The SMILES string of the molecule is Nc1cc(OC(F)(F)F)ccc1NC(=O)[C@H]1CC[C@]2(CC1)CN(c1ccccc1F)C(=O)O2. The molecular formula is C22H21F4N3O4. The molecule has 2 fully saturated rings. The van der Waals surface area contributed by atoms with Crippen molar-refractivity contribution in [1.82, 2.24) is 0 Å². The number of anilines is 3. The van der Waals surface area contributed by atoms with Gasteiger partial charge >= 0.3 is 12.5 Å². The molecule has 2 aromatic carbocycles. The highest BCUT2D eigenvalue weighted by atomic mass is 19.4. The van der Waals surface area contributed by atoms with E-state index in [-0.39, 0.29) is 29.5 Å². The lowest BCUT2D eigenvalue weighted by molar-refractivity contribution is -0.274. The molecule has 176 valence electrons. The molecule has 0 unspecified atom stereocenters. The number of hydrogen-bond donors (Lipinski definition) is 2. The average molecular weight is 467 g/mol. The van der Waals surface area contributed by atoms with E-state index >= 15 is 0 Å². The van der Waals surface area contributed by atoms with E-state index in [1.54, 1.807) is 6.07 Å². The van der Waals surface area contributed by atoms with Gasteiger partial charge in [-0.25, -0.2) is 9.18 Å². The van der Waals surface area contributed by atoms with Crippen molar-refractivity contribution in [3.05, 3.63) is 48.3 Å². The minimum absolute atomic E-state index is 0.0670. The highest BCUT2D eigenvalue weighted by molar-refractivity contribution is 5.95. The van der Waals surface area contributed by atoms with Gasteiger partial charge in [-0.15, -0.1) is 13.2 Å². The maximum Gasteiger partial charge on any atom is 0.573 e. The summed E-state index contributed by atoms with van der Waals surface area (Å²) in [7, 11) is 0. The molecule has 1 saturated carbocycles. The lowest BCUT2D eigenvalue weighted by Gasteiger charge is -2.34. The minimum atomic E-state index is -4.85. The van der Waals surface area contributed by atoms with Gasteiger partial charge in [0, 0.05) is 12.0 Å². The van der Waals surface area contributed by atoms with Crippen molar-refractivity contribution >= 4 is 29.1 Å². The Balaban J connectivity index is 1.36. The Morgan fingerprint density at radius 3 is 2.52 bits per heavy atom. The van der Waals surface area contributed by atoms with E-state index in [4.69, 9.17) is 10.5 Å². The maximum absolute atomic E-state index is 14.1. The summed E-state index contributed by atoms with van der Waals surface area (Å²) in [5.74, 6) is -1.75. The van der Waals surface area contributed by atoms with Gasteiger partial charge in [-0.3, -0.25) is 9.69 Å². The van der Waals surface area contributed by atoms with Gasteiger partial charge in [0.05, 0.1) is 23.6 Å². The van der Waals surface area contributed by atoms with Crippen LogP contribution in [0.5, 0.6) is 5.75 Å². The standard InChI is InChI=1S/C22H21F4N3O4/c23-15-3-1-2-4-18(15)29-12-21(33-20(29)31)9-7-13(8-10-21)19(30)28-17-6-5-14(11-16(17)27)32-22(24,25)26/h1-6,11,13H,7-10,12,27H2,(H,28,30)/t13-,21-. The maximum atomic E-state index is 14.1. The van der Waals surface area contributed by atoms with Crippen LogP contribution in [-0.2, 0) is 9.53 Å². The fraction of sp³-hybridized carbons (Fsp3) is 0.364. The van der Waals surface area contributed by atoms with Crippen molar-refractivity contribution in [2.75, 3.05) is 22.5 Å². The van der Waals surface area contributed by atoms with Gasteiger partial charge in [-0.05, 0) is 49.9 Å². The van der Waals surface area contributed by atoms with Crippen LogP contribution in [0.25, 0.3) is 0 Å². The number of benzene rings is 2. The molecule has 0 aromatic heterocycles. The van der Waals surface area contributed by atoms with Crippen molar-refractivity contribution in [3.8, 4) is 5.75 Å². The quantitative estimate of drug-likeness (QED) is 0.496. The molecule has 0 atom stereocenters. The van der Waals surface area contributed by atoms with Crippen LogP contribution >= 0.6 is 0 Å². The van der Waals surface area contributed by atoms with Crippen LogP contribution in [0.15, 0.2) is 42.5 Å². The largest absolute Gasteiger partial charge is 0.573 e. The number of rotatable bonds is 4. The Labute approximate surface area is 186 Å². The number of carbonyl (C=O) groups excluding carboxylic acids is 2. The molecule has 2 aliphatic rings. The van der Waals surface area contributed by atoms with Crippen molar-refractivity contribution in [2.45, 2.75) is 37.6 Å². The van der Waals surface area contributed by atoms with E-state index in [1.807, 2.05) is 0 Å². The highest BCUT2D eigenvalue weighted by Gasteiger charge is 2.49. The van der Waals surface area contributed by atoms with E-state index in [9.17, 15) is 27.2 Å². The average Bonchev–Trinajstić information content (AvgIpc) is 3.05. The van der Waals surface area contributed by atoms with Crippen LogP contribution in [0.1, 0.15) is 25.7 Å². The molecule has 7 nitrogen and oxygen atoms in total. The summed E-state index contributed by atoms with van der Waals surface area (Å²) in [6.07, 6.45) is -3.82. The van der Waals surface area contributed by atoms with Crippen LogP contribution < -0.4 is 20.7 Å². The zero-order chi connectivity index (χ0) is 23.8. The molecule has 1 saturated heterocycles. The van der Waals surface area contributed by atoms with E-state index in [2.05, 4.69) is 10.1 Å². The second-order valence-electron chi connectivity index (χ2n) is 8.15. The number of para-hydroxylation sites is 1. The minimum Gasteiger partial charge on any atom is -0.441 e. The first-order valence-corrected chi connectivity index (χ1v) is 10.3. The smallest absolute Gasteiger partial charge is 0.441 e. The molecule has 0 bridgehead atoms. The van der Waals surface area contributed by atoms with Gasteiger partial charge in [0.15, 0.2) is 0 Å². The Morgan fingerprint density at radius 1 is 1.18 bits per heavy atom. The van der Waals surface area contributed by atoms with Crippen LogP contribution in [0.2, 0.25) is 0 Å². The van der Waals surface area contributed by atoms with Crippen LogP contribution in [0.3, 0.4) is 0 Å². The first kappa shape index (κ1) is 22.7. The fourth-order valence-corrected chi connectivity index (χ4v) is 4.23. The zero-order valence-electron chi connectivity index (χ0n) is 17.3. The first-order chi connectivity index (χ1) is 15.6. The molecule has 3 N–H and O–H groups in total. The lowest BCUT2D eigenvalue weighted by Crippen LogP contribution is -2.41. The third-order valence-electron chi connectivity index (χ3n) is 5.90. The zero-order valence-corrected chi connectivity index (χ0v) is 17.3. The number of halogens is 4. The third kappa shape index (κ3) is 4.96. The van der Waals surface area contributed by atoms with Crippen LogP contribution in [0, 0.1) is 11.7 Å². The van der Waals surface area contributed by atoms with Gasteiger partial charge in [0.25, 0.3) is 0 Å². The summed E-state index contributed by atoms with van der Waals surface area (Å²) in [5, 5.41) is 2.63. The Hall–Kier alpha value is -3.50. The van der Waals surface area contributed by atoms with E-state index < -0.39 is 35.5 Å². The molecule has 1 spiro atoms. The molecule has 1 heterocycles. The molecule has 33 heavy (non-hydrogen) atoms. The van der Waals surface area contributed by atoms with Crippen LogP contribution in [0.4, 0.5) is 39.4 Å². The van der Waals surface area contributed by atoms with Gasteiger partial charge < -0.3 is 20.5 Å². The molecule has 2 aromatic rings. The number of ether oxygens (including phenoxy) is 2. The molecule has 0 radical (unpaired) electrons. The van der Waals surface area contributed by atoms with Gasteiger partial charge in [-0.1, -0.05) is 12.1 Å². The summed E-state index contributed by atoms with van der Waals surface area (Å²) in [5.41, 5.74) is 5.21. The van der Waals surface area contributed by atoms with E-state index in [0.29, 0.717) is 25.7 Å². The monoisotopic (exact) mass is 467 g/mol. The number of nitrogens with zero attached hydrogens (tertiary/aromatic N) is 1. The normalized spacial score (nSPS) is 22.8. The second-order valence-corrected chi connectivity index (χ2v) is 8.15. The van der Waals surface area contributed by atoms with Crippen molar-refractivity contribution in [2.24, 2.45) is 5.92 Å². The molecule has 1 aliphatic heterocycles. The van der Waals surface area contributed by atoms with Crippen molar-refractivity contribution < 1.29 is 36.6 Å². The molecule has 1 aliphatic carbocycles. The highest BCUT2D eigenvalue weighted by Crippen LogP contribution is 2.41. The lowest BCUT2D eigenvalue weighted by atomic mass is 9.78. The topological polar surface area (TPSA) is 93.9 Å². The molecular weight excluding hydrogens is 446 g/mol. The number of alkyl halides is 3. The van der Waals surface area contributed by atoms with Gasteiger partial charge in [0.1, 0.15) is 17.2 Å². The summed E-state index contributed by atoms with van der Waals surface area (Å²) < 4.78 is 60.5. The van der Waals surface area contributed by atoms with Gasteiger partial charge in [0.2, 0.25) is 5.91 Å². The number of nitrogens with one attached hydrogen (secondary N) is 1. The number of hydrogen-bond acceptors (Lipinski definition) is 5. The number of amides is 2. The summed E-state index contributed by atoms with van der Waals surface area (Å²) in [6.45, 7) is 0.189. The first-order valence-electron chi connectivity index (χ1n) is 10.3. The fourth-order valence-electron chi connectivity index (χ4n) is 4.23. The summed E-state index contributed by atoms with van der Waals surface area (Å²) in [6, 6.07) is 9.21.